The first kappa shape index (κ1) is 15.6. The summed E-state index contributed by atoms with van der Waals surface area (Å²) in [6.07, 6.45) is 1.57. The average Bonchev–Trinajstić information content (AvgIpc) is 3.24. The van der Waals surface area contributed by atoms with Gasteiger partial charge in [-0.15, -0.1) is 0 Å². The molecule has 0 atom stereocenters. The highest BCUT2D eigenvalue weighted by Crippen LogP contribution is 2.27. The fraction of sp³-hybridized carbons (Fsp3) is 0.235. The molecule has 2 aromatic heterocycles. The summed E-state index contributed by atoms with van der Waals surface area (Å²) in [4.78, 5) is 4.26. The Balaban J connectivity index is 1.75. The molecule has 1 N–H and O–H groups in total. The molecule has 3 aromatic rings. The van der Waals surface area contributed by atoms with E-state index in [1.807, 2.05) is 13.8 Å². The SMILES string of the molecule is CC(C)Oc1ccc(C#N)cc1NCc1nc(-c2ccco2)no1. The van der Waals surface area contributed by atoms with Crippen molar-refractivity contribution in [3.63, 3.8) is 0 Å². The van der Waals surface area contributed by atoms with Gasteiger partial charge in [-0.2, -0.15) is 10.2 Å². The smallest absolute Gasteiger partial charge is 0.246 e. The molecule has 0 saturated heterocycles. The van der Waals surface area contributed by atoms with Crippen LogP contribution in [0.2, 0.25) is 0 Å². The lowest BCUT2D eigenvalue weighted by molar-refractivity contribution is 0.243. The Kier molecular flexibility index (Phi) is 4.47. The third-order valence-electron chi connectivity index (χ3n) is 3.11. The Morgan fingerprint density at radius 2 is 2.21 bits per heavy atom. The van der Waals surface area contributed by atoms with Gasteiger partial charge in [0, 0.05) is 0 Å². The van der Waals surface area contributed by atoms with E-state index in [0.29, 0.717) is 41.0 Å². The first-order valence-corrected chi connectivity index (χ1v) is 7.47. The first-order chi connectivity index (χ1) is 11.7. The second-order valence-electron chi connectivity index (χ2n) is 5.33. The zero-order valence-corrected chi connectivity index (χ0v) is 13.3. The van der Waals surface area contributed by atoms with E-state index in [2.05, 4.69) is 21.5 Å². The van der Waals surface area contributed by atoms with Crippen molar-refractivity contribution in [3.05, 3.63) is 48.0 Å². The van der Waals surface area contributed by atoms with Gasteiger partial charge < -0.3 is 19.0 Å². The number of anilines is 1. The van der Waals surface area contributed by atoms with Crippen LogP contribution in [0.4, 0.5) is 5.69 Å². The van der Waals surface area contributed by atoms with E-state index in [9.17, 15) is 0 Å². The molecule has 0 aliphatic heterocycles. The van der Waals surface area contributed by atoms with E-state index in [-0.39, 0.29) is 6.10 Å². The minimum atomic E-state index is 0.0208. The lowest BCUT2D eigenvalue weighted by Gasteiger charge is -2.15. The molecular weight excluding hydrogens is 308 g/mol. The summed E-state index contributed by atoms with van der Waals surface area (Å²) in [5.74, 6) is 2.00. The van der Waals surface area contributed by atoms with Gasteiger partial charge in [-0.3, -0.25) is 0 Å². The maximum absolute atomic E-state index is 9.06. The van der Waals surface area contributed by atoms with Crippen LogP contribution in [0.1, 0.15) is 25.3 Å². The zero-order chi connectivity index (χ0) is 16.9. The summed E-state index contributed by atoms with van der Waals surface area (Å²) in [6.45, 7) is 4.18. The number of ether oxygens (including phenoxy) is 1. The van der Waals surface area contributed by atoms with Gasteiger partial charge in [0.1, 0.15) is 5.75 Å². The Morgan fingerprint density at radius 3 is 2.92 bits per heavy atom. The predicted molar refractivity (Wildman–Crippen MR) is 86.2 cm³/mol. The van der Waals surface area contributed by atoms with Crippen molar-refractivity contribution < 1.29 is 13.7 Å². The van der Waals surface area contributed by atoms with E-state index in [0.717, 1.165) is 0 Å². The number of furan rings is 1. The second-order valence-corrected chi connectivity index (χ2v) is 5.33. The van der Waals surface area contributed by atoms with Crippen molar-refractivity contribution in [1.82, 2.24) is 10.1 Å². The number of rotatable bonds is 6. The highest BCUT2D eigenvalue weighted by atomic mass is 16.5. The van der Waals surface area contributed by atoms with Gasteiger partial charge in [-0.05, 0) is 44.2 Å². The predicted octanol–water partition coefficient (Wildman–Crippen LogP) is 3.60. The molecule has 0 radical (unpaired) electrons. The highest BCUT2D eigenvalue weighted by Gasteiger charge is 2.12. The van der Waals surface area contributed by atoms with Gasteiger partial charge in [0.15, 0.2) is 5.76 Å². The molecule has 7 heteroatoms. The van der Waals surface area contributed by atoms with Crippen molar-refractivity contribution in [1.29, 1.82) is 5.26 Å². The molecule has 0 spiro atoms. The van der Waals surface area contributed by atoms with Gasteiger partial charge in [0.2, 0.25) is 11.7 Å². The molecule has 0 unspecified atom stereocenters. The standard InChI is InChI=1S/C17H16N4O3/c1-11(2)23-14-6-5-12(9-18)8-13(14)19-10-16-20-17(21-24-16)15-4-3-7-22-15/h3-8,11,19H,10H2,1-2H3. The van der Waals surface area contributed by atoms with Crippen LogP contribution >= 0.6 is 0 Å². The van der Waals surface area contributed by atoms with Crippen LogP contribution in [0, 0.1) is 11.3 Å². The van der Waals surface area contributed by atoms with E-state index in [4.69, 9.17) is 18.9 Å². The van der Waals surface area contributed by atoms with Gasteiger partial charge in [-0.1, -0.05) is 5.16 Å². The van der Waals surface area contributed by atoms with E-state index in [1.165, 1.54) is 0 Å². The highest BCUT2D eigenvalue weighted by molar-refractivity contribution is 5.60. The number of nitrogens with zero attached hydrogens (tertiary/aromatic N) is 3. The van der Waals surface area contributed by atoms with Gasteiger partial charge in [-0.25, -0.2) is 0 Å². The van der Waals surface area contributed by atoms with Crippen molar-refractivity contribution in [2.24, 2.45) is 0 Å². The molecule has 0 bridgehead atoms. The minimum absolute atomic E-state index is 0.0208. The number of aromatic nitrogens is 2. The maximum atomic E-state index is 9.06. The van der Waals surface area contributed by atoms with E-state index >= 15 is 0 Å². The van der Waals surface area contributed by atoms with Crippen LogP contribution in [-0.4, -0.2) is 16.2 Å². The number of nitriles is 1. The Labute approximate surface area is 138 Å². The molecule has 2 heterocycles. The molecule has 0 aliphatic rings. The zero-order valence-electron chi connectivity index (χ0n) is 13.3. The fourth-order valence-electron chi connectivity index (χ4n) is 2.10. The largest absolute Gasteiger partial charge is 0.489 e. The number of hydrogen-bond donors (Lipinski definition) is 1. The van der Waals surface area contributed by atoms with Crippen LogP contribution < -0.4 is 10.1 Å². The third kappa shape index (κ3) is 3.55. The minimum Gasteiger partial charge on any atom is -0.489 e. The molecule has 0 fully saturated rings. The van der Waals surface area contributed by atoms with Gasteiger partial charge >= 0.3 is 0 Å². The second kappa shape index (κ2) is 6.87. The Hall–Kier alpha value is -3.27. The maximum Gasteiger partial charge on any atom is 0.246 e. The summed E-state index contributed by atoms with van der Waals surface area (Å²) in [7, 11) is 0. The summed E-state index contributed by atoms with van der Waals surface area (Å²) in [6, 6.07) is 10.8. The molecule has 3 rings (SSSR count). The van der Waals surface area contributed by atoms with E-state index < -0.39 is 0 Å². The van der Waals surface area contributed by atoms with Crippen molar-refractivity contribution in [3.8, 4) is 23.4 Å². The number of benzene rings is 1. The molecular formula is C17H16N4O3. The third-order valence-corrected chi connectivity index (χ3v) is 3.11. The van der Waals surface area contributed by atoms with Crippen LogP contribution in [-0.2, 0) is 6.54 Å². The first-order valence-electron chi connectivity index (χ1n) is 7.47. The monoisotopic (exact) mass is 324 g/mol. The number of nitrogens with one attached hydrogen (secondary N) is 1. The molecule has 1 aromatic carbocycles. The van der Waals surface area contributed by atoms with Crippen molar-refractivity contribution in [2.75, 3.05) is 5.32 Å². The average molecular weight is 324 g/mol. The van der Waals surface area contributed by atoms with Gasteiger partial charge in [0.05, 0.1) is 36.2 Å². The van der Waals surface area contributed by atoms with E-state index in [1.54, 1.807) is 36.6 Å². The molecule has 0 aliphatic carbocycles. The van der Waals surface area contributed by atoms with Gasteiger partial charge in [0.25, 0.3) is 0 Å². The Morgan fingerprint density at radius 1 is 1.33 bits per heavy atom. The molecule has 122 valence electrons. The Bertz CT molecular complexity index is 847. The molecule has 7 nitrogen and oxygen atoms in total. The van der Waals surface area contributed by atoms with Crippen LogP contribution in [0.3, 0.4) is 0 Å². The normalized spacial score (nSPS) is 10.6. The summed E-state index contributed by atoms with van der Waals surface area (Å²) >= 11 is 0. The fourth-order valence-corrected chi connectivity index (χ4v) is 2.10. The topological polar surface area (TPSA) is 97.1 Å². The molecule has 24 heavy (non-hydrogen) atoms. The molecule has 0 amide bonds. The van der Waals surface area contributed by atoms with Crippen LogP contribution in [0.15, 0.2) is 45.5 Å². The molecule has 0 saturated carbocycles. The van der Waals surface area contributed by atoms with Crippen LogP contribution in [0.5, 0.6) is 5.75 Å². The summed E-state index contributed by atoms with van der Waals surface area (Å²) in [5.41, 5.74) is 1.23. The quantitative estimate of drug-likeness (QED) is 0.739. The number of hydrogen-bond acceptors (Lipinski definition) is 7. The van der Waals surface area contributed by atoms with Crippen molar-refractivity contribution in [2.45, 2.75) is 26.5 Å². The van der Waals surface area contributed by atoms with Crippen molar-refractivity contribution >= 4 is 5.69 Å². The summed E-state index contributed by atoms with van der Waals surface area (Å²) in [5, 5.41) is 16.1. The summed E-state index contributed by atoms with van der Waals surface area (Å²) < 4.78 is 16.2. The van der Waals surface area contributed by atoms with Crippen LogP contribution in [0.25, 0.3) is 11.6 Å². The lowest BCUT2D eigenvalue weighted by atomic mass is 10.2. The lowest BCUT2D eigenvalue weighted by Crippen LogP contribution is -2.09.